The third-order valence-corrected chi connectivity index (χ3v) is 5.31. The molecule has 2 saturated heterocycles. The standard InChI is InChI=1S/C19H24N4O3.2ClH/c1-23(12-14-10-17(22-26-14)16-4-2-3-7-21-16)13-15-11-19(18(24)25-15)5-8-20-9-6-19;;/h2-4,7,10,15,20H,5-6,8-9,11-13H2,1H3;2*1H. The maximum atomic E-state index is 12.4. The molecule has 0 saturated carbocycles. The van der Waals surface area contributed by atoms with Gasteiger partial charge in [0.2, 0.25) is 0 Å². The first-order valence-electron chi connectivity index (χ1n) is 9.12. The molecule has 2 aromatic rings. The topological polar surface area (TPSA) is 80.5 Å². The van der Waals surface area contributed by atoms with E-state index in [0.29, 0.717) is 13.1 Å². The number of esters is 1. The molecule has 0 bridgehead atoms. The van der Waals surface area contributed by atoms with Crippen LogP contribution in [0.15, 0.2) is 35.0 Å². The fraction of sp³-hybridized carbons (Fsp3) is 0.526. The minimum atomic E-state index is -0.269. The molecule has 9 heteroatoms. The first-order chi connectivity index (χ1) is 12.6. The van der Waals surface area contributed by atoms with Crippen LogP contribution in [-0.2, 0) is 16.1 Å². The molecule has 1 unspecified atom stereocenters. The lowest BCUT2D eigenvalue weighted by Crippen LogP contribution is -2.39. The molecule has 2 aliphatic heterocycles. The Labute approximate surface area is 177 Å². The minimum Gasteiger partial charge on any atom is -0.461 e. The number of ether oxygens (including phenoxy) is 1. The van der Waals surface area contributed by atoms with Crippen LogP contribution in [-0.4, -0.2) is 53.8 Å². The van der Waals surface area contributed by atoms with Gasteiger partial charge in [-0.25, -0.2) is 0 Å². The lowest BCUT2D eigenvalue weighted by atomic mass is 9.76. The van der Waals surface area contributed by atoms with Crippen molar-refractivity contribution in [1.29, 1.82) is 0 Å². The maximum Gasteiger partial charge on any atom is 0.312 e. The molecule has 0 amide bonds. The van der Waals surface area contributed by atoms with E-state index in [2.05, 4.69) is 20.4 Å². The van der Waals surface area contributed by atoms with Gasteiger partial charge in [-0.15, -0.1) is 24.8 Å². The molecule has 0 aromatic carbocycles. The van der Waals surface area contributed by atoms with Crippen LogP contribution >= 0.6 is 24.8 Å². The van der Waals surface area contributed by atoms with E-state index in [1.54, 1.807) is 6.20 Å². The van der Waals surface area contributed by atoms with Crippen molar-refractivity contribution in [2.45, 2.75) is 31.9 Å². The number of nitrogens with one attached hydrogen (secondary N) is 1. The van der Waals surface area contributed by atoms with Crippen LogP contribution in [0.1, 0.15) is 25.0 Å². The predicted octanol–water partition coefficient (Wildman–Crippen LogP) is 2.70. The van der Waals surface area contributed by atoms with Crippen molar-refractivity contribution in [1.82, 2.24) is 20.4 Å². The first kappa shape index (κ1) is 22.6. The van der Waals surface area contributed by atoms with E-state index in [1.807, 2.05) is 31.3 Å². The van der Waals surface area contributed by atoms with E-state index in [9.17, 15) is 4.79 Å². The van der Waals surface area contributed by atoms with Crippen molar-refractivity contribution in [2.24, 2.45) is 5.41 Å². The monoisotopic (exact) mass is 428 g/mol. The number of pyridine rings is 1. The summed E-state index contributed by atoms with van der Waals surface area (Å²) >= 11 is 0. The van der Waals surface area contributed by atoms with Gasteiger partial charge in [0.25, 0.3) is 0 Å². The van der Waals surface area contributed by atoms with Gasteiger partial charge in [0.1, 0.15) is 11.8 Å². The zero-order valence-electron chi connectivity index (χ0n) is 15.8. The van der Waals surface area contributed by atoms with Crippen LogP contribution in [0.5, 0.6) is 0 Å². The number of hydrogen-bond acceptors (Lipinski definition) is 7. The molecule has 1 N–H and O–H groups in total. The molecule has 28 heavy (non-hydrogen) atoms. The summed E-state index contributed by atoms with van der Waals surface area (Å²) in [5.41, 5.74) is 1.26. The quantitative estimate of drug-likeness (QED) is 0.732. The fourth-order valence-electron chi connectivity index (χ4n) is 3.95. The number of piperidine rings is 1. The minimum absolute atomic E-state index is 0. The van der Waals surface area contributed by atoms with Crippen LogP contribution in [0.4, 0.5) is 0 Å². The summed E-state index contributed by atoms with van der Waals surface area (Å²) in [6, 6.07) is 7.61. The van der Waals surface area contributed by atoms with Crippen molar-refractivity contribution in [2.75, 3.05) is 26.7 Å². The summed E-state index contributed by atoms with van der Waals surface area (Å²) < 4.78 is 11.1. The number of carbonyl (C=O) groups is 1. The van der Waals surface area contributed by atoms with Crippen molar-refractivity contribution < 1.29 is 14.1 Å². The largest absolute Gasteiger partial charge is 0.461 e. The van der Waals surface area contributed by atoms with Crippen molar-refractivity contribution in [3.63, 3.8) is 0 Å². The second-order valence-electron chi connectivity index (χ2n) is 7.35. The third kappa shape index (κ3) is 4.84. The van der Waals surface area contributed by atoms with E-state index >= 15 is 0 Å². The molecule has 1 spiro atoms. The fourth-order valence-corrected chi connectivity index (χ4v) is 3.95. The molecular weight excluding hydrogens is 403 g/mol. The van der Waals surface area contributed by atoms with Crippen molar-refractivity contribution in [3.8, 4) is 11.4 Å². The van der Waals surface area contributed by atoms with E-state index in [0.717, 1.165) is 49.5 Å². The Morgan fingerprint density at radius 2 is 2.04 bits per heavy atom. The third-order valence-electron chi connectivity index (χ3n) is 5.31. The van der Waals surface area contributed by atoms with Gasteiger partial charge in [0.05, 0.1) is 17.7 Å². The maximum absolute atomic E-state index is 12.4. The van der Waals surface area contributed by atoms with E-state index < -0.39 is 0 Å². The SMILES string of the molecule is CN(Cc1cc(-c2ccccn2)no1)CC1CC2(CCNCC2)C(=O)O1.Cl.Cl. The summed E-state index contributed by atoms with van der Waals surface area (Å²) in [7, 11) is 2.00. The number of aromatic nitrogens is 2. The van der Waals surface area contributed by atoms with Crippen LogP contribution in [0, 0.1) is 5.41 Å². The molecule has 0 radical (unpaired) electrons. The van der Waals surface area contributed by atoms with Gasteiger partial charge in [-0.05, 0) is 45.1 Å². The Balaban J connectivity index is 0.00000140. The summed E-state index contributed by atoms with van der Waals surface area (Å²) in [6.45, 7) is 3.10. The zero-order chi connectivity index (χ0) is 18.0. The second kappa shape index (κ2) is 9.69. The number of nitrogens with zero attached hydrogens (tertiary/aromatic N) is 3. The van der Waals surface area contributed by atoms with Gasteiger partial charge in [-0.2, -0.15) is 0 Å². The van der Waals surface area contributed by atoms with Gasteiger partial charge < -0.3 is 14.6 Å². The number of likely N-dealkylation sites (N-methyl/N-ethyl adjacent to an activating group) is 1. The molecule has 2 aliphatic rings. The average molecular weight is 429 g/mol. The van der Waals surface area contributed by atoms with Crippen molar-refractivity contribution in [3.05, 3.63) is 36.2 Å². The molecule has 2 aromatic heterocycles. The highest BCUT2D eigenvalue weighted by Crippen LogP contribution is 2.41. The average Bonchev–Trinajstić information content (AvgIpc) is 3.22. The number of cyclic esters (lactones) is 1. The predicted molar refractivity (Wildman–Crippen MR) is 110 cm³/mol. The molecule has 2 fully saturated rings. The highest BCUT2D eigenvalue weighted by atomic mass is 35.5. The Hall–Kier alpha value is -1.67. The van der Waals surface area contributed by atoms with Crippen LogP contribution in [0.25, 0.3) is 11.4 Å². The summed E-state index contributed by atoms with van der Waals surface area (Å²) in [4.78, 5) is 18.8. The van der Waals surface area contributed by atoms with Gasteiger partial charge in [-0.3, -0.25) is 14.7 Å². The zero-order valence-corrected chi connectivity index (χ0v) is 17.4. The molecule has 4 heterocycles. The van der Waals surface area contributed by atoms with Gasteiger partial charge in [-0.1, -0.05) is 11.2 Å². The summed E-state index contributed by atoms with van der Waals surface area (Å²) in [5.74, 6) is 0.753. The highest BCUT2D eigenvalue weighted by molar-refractivity contribution is 5.85. The second-order valence-corrected chi connectivity index (χ2v) is 7.35. The molecule has 4 rings (SSSR count). The Morgan fingerprint density at radius 1 is 1.25 bits per heavy atom. The molecule has 1 atom stereocenters. The normalized spacial score (nSPS) is 20.5. The summed E-state index contributed by atoms with van der Waals surface area (Å²) in [6.07, 6.45) is 4.25. The van der Waals surface area contributed by atoms with E-state index in [-0.39, 0.29) is 42.3 Å². The van der Waals surface area contributed by atoms with E-state index in [1.165, 1.54) is 0 Å². The molecular formula is C19H26Cl2N4O3. The van der Waals surface area contributed by atoms with Gasteiger partial charge >= 0.3 is 5.97 Å². The van der Waals surface area contributed by atoms with Gasteiger partial charge in [0.15, 0.2) is 5.76 Å². The number of rotatable bonds is 5. The molecule has 7 nitrogen and oxygen atoms in total. The lowest BCUT2D eigenvalue weighted by molar-refractivity contribution is -0.150. The Bertz CT molecular complexity index is 766. The molecule has 154 valence electrons. The smallest absolute Gasteiger partial charge is 0.312 e. The van der Waals surface area contributed by atoms with Crippen molar-refractivity contribution >= 4 is 30.8 Å². The van der Waals surface area contributed by atoms with E-state index in [4.69, 9.17) is 9.26 Å². The lowest BCUT2D eigenvalue weighted by Gasteiger charge is -2.29. The Morgan fingerprint density at radius 3 is 2.75 bits per heavy atom. The Kier molecular flexibility index (Phi) is 7.83. The van der Waals surface area contributed by atoms with Crippen LogP contribution in [0.3, 0.4) is 0 Å². The van der Waals surface area contributed by atoms with Crippen LogP contribution < -0.4 is 5.32 Å². The summed E-state index contributed by atoms with van der Waals surface area (Å²) in [5, 5.41) is 7.41. The highest BCUT2D eigenvalue weighted by Gasteiger charge is 2.49. The van der Waals surface area contributed by atoms with Gasteiger partial charge in [0, 0.05) is 25.2 Å². The van der Waals surface area contributed by atoms with Crippen LogP contribution in [0.2, 0.25) is 0 Å². The molecule has 0 aliphatic carbocycles. The first-order valence-corrected chi connectivity index (χ1v) is 9.12. The number of carbonyl (C=O) groups excluding carboxylic acids is 1. The number of halogens is 2. The number of hydrogen-bond donors (Lipinski definition) is 1.